The van der Waals surface area contributed by atoms with Crippen molar-refractivity contribution in [3.05, 3.63) is 93.5 Å². The fourth-order valence-electron chi connectivity index (χ4n) is 5.74. The molecule has 3 aromatic carbocycles. The van der Waals surface area contributed by atoms with E-state index in [1.807, 2.05) is 48.5 Å². The van der Waals surface area contributed by atoms with Crippen LogP contribution in [-0.2, 0) is 24.2 Å². The Labute approximate surface area is 223 Å². The molecule has 0 unspecified atom stereocenters. The fourth-order valence-corrected chi connectivity index (χ4v) is 5.74. The van der Waals surface area contributed by atoms with Crippen molar-refractivity contribution in [1.29, 1.82) is 0 Å². The zero-order chi connectivity index (χ0) is 26.6. The Morgan fingerprint density at radius 2 is 1.76 bits per heavy atom. The Morgan fingerprint density at radius 1 is 1.03 bits per heavy atom. The molecule has 5 rings (SSSR count). The molecule has 198 valence electrons. The van der Waals surface area contributed by atoms with Gasteiger partial charge in [0.25, 0.3) is 5.69 Å². The number of nitro benzene ring substituents is 1. The molecule has 0 bridgehead atoms. The third kappa shape index (κ3) is 5.50. The average molecular weight is 515 g/mol. The quantitative estimate of drug-likeness (QED) is 0.336. The Morgan fingerprint density at radius 3 is 2.50 bits per heavy atom. The fraction of sp³-hybridized carbons (Fsp3) is 0.367. The van der Waals surface area contributed by atoms with Gasteiger partial charge >= 0.3 is 6.09 Å². The van der Waals surface area contributed by atoms with Crippen LogP contribution in [0.5, 0.6) is 0 Å². The summed E-state index contributed by atoms with van der Waals surface area (Å²) >= 11 is 0. The molecule has 0 spiro atoms. The molecule has 2 N–H and O–H groups in total. The molecule has 0 aromatic heterocycles. The van der Waals surface area contributed by atoms with Gasteiger partial charge in [-0.3, -0.25) is 10.1 Å². The number of nitrogens with two attached hydrogens (primary N) is 1. The van der Waals surface area contributed by atoms with E-state index in [2.05, 4.69) is 17.0 Å². The molecule has 1 fully saturated rings. The van der Waals surface area contributed by atoms with Gasteiger partial charge in [-0.15, -0.1) is 0 Å². The molecule has 0 radical (unpaired) electrons. The summed E-state index contributed by atoms with van der Waals surface area (Å²) in [6, 6.07) is 21.9. The minimum Gasteiger partial charge on any atom is -0.453 e. The number of benzene rings is 3. The maximum Gasteiger partial charge on any atom is 0.410 e. The third-order valence-corrected chi connectivity index (χ3v) is 7.85. The van der Waals surface area contributed by atoms with E-state index in [0.717, 1.165) is 55.3 Å². The summed E-state index contributed by atoms with van der Waals surface area (Å²) in [6.07, 6.45) is 3.99. The Kier molecular flexibility index (Phi) is 7.60. The lowest BCUT2D eigenvalue weighted by Gasteiger charge is -2.35. The maximum absolute atomic E-state index is 12.6. The molecule has 8 nitrogen and oxygen atoms in total. The van der Waals surface area contributed by atoms with Gasteiger partial charge in [-0.25, -0.2) is 4.79 Å². The van der Waals surface area contributed by atoms with Gasteiger partial charge in [-0.2, -0.15) is 0 Å². The third-order valence-electron chi connectivity index (χ3n) is 7.85. The minimum atomic E-state index is -0.348. The predicted molar refractivity (Wildman–Crippen MR) is 148 cm³/mol. The number of methoxy groups -OCH3 is 1. The first-order valence-corrected chi connectivity index (χ1v) is 13.2. The molecular weight excluding hydrogens is 480 g/mol. The Bertz CT molecular complexity index is 1320. The van der Waals surface area contributed by atoms with Crippen molar-refractivity contribution >= 4 is 17.5 Å². The summed E-state index contributed by atoms with van der Waals surface area (Å²) in [7, 11) is 1.40. The SMILES string of the molecule is COC(=O)N(Cc1cccc(-c2ccc(N3CCc4ccccc4C3)c([N+](=O)[O-])c2)c1)C1CCC(N)CC1. The van der Waals surface area contributed by atoms with Crippen LogP contribution in [0.15, 0.2) is 66.7 Å². The van der Waals surface area contributed by atoms with E-state index in [9.17, 15) is 14.9 Å². The average Bonchev–Trinajstić information content (AvgIpc) is 2.95. The number of hydrogen-bond acceptors (Lipinski definition) is 6. The van der Waals surface area contributed by atoms with Crippen LogP contribution < -0.4 is 10.6 Å². The van der Waals surface area contributed by atoms with E-state index in [0.29, 0.717) is 18.8 Å². The van der Waals surface area contributed by atoms with Gasteiger partial charge in [-0.1, -0.05) is 48.5 Å². The van der Waals surface area contributed by atoms with Gasteiger partial charge in [0.05, 0.1) is 12.0 Å². The van der Waals surface area contributed by atoms with Crippen molar-refractivity contribution in [2.75, 3.05) is 18.6 Å². The van der Waals surface area contributed by atoms with Crippen LogP contribution in [0, 0.1) is 10.1 Å². The molecule has 1 heterocycles. The van der Waals surface area contributed by atoms with Gasteiger partial charge in [0.1, 0.15) is 5.69 Å². The Hall–Kier alpha value is -3.91. The summed E-state index contributed by atoms with van der Waals surface area (Å²) in [5.74, 6) is 0. The second kappa shape index (κ2) is 11.2. The largest absolute Gasteiger partial charge is 0.453 e. The first-order chi connectivity index (χ1) is 18.4. The molecule has 1 aliphatic heterocycles. The number of nitrogens with zero attached hydrogens (tertiary/aromatic N) is 3. The molecule has 3 aromatic rings. The van der Waals surface area contributed by atoms with Gasteiger partial charge in [0.15, 0.2) is 0 Å². The van der Waals surface area contributed by atoms with E-state index in [1.54, 1.807) is 11.0 Å². The molecule has 8 heteroatoms. The van der Waals surface area contributed by atoms with Gasteiger partial charge in [0, 0.05) is 37.8 Å². The lowest BCUT2D eigenvalue weighted by molar-refractivity contribution is -0.384. The Balaban J connectivity index is 1.39. The standard InChI is InChI=1S/C30H34N4O4/c1-38-30(35)33(27-12-10-26(31)11-13-27)19-21-5-4-8-23(17-21)24-9-14-28(29(18-24)34(36)37)32-16-15-22-6-2-3-7-25(22)20-32/h2-9,14,17-18,26-27H,10-13,15-16,19-20,31H2,1H3. The summed E-state index contributed by atoms with van der Waals surface area (Å²) in [4.78, 5) is 28.3. The number of carbonyl (C=O) groups is 1. The number of fused-ring (bicyclic) bond motifs is 1. The van der Waals surface area contributed by atoms with Gasteiger partial charge in [0.2, 0.25) is 0 Å². The summed E-state index contributed by atoms with van der Waals surface area (Å²) in [5, 5.41) is 12.1. The zero-order valence-corrected chi connectivity index (χ0v) is 21.7. The van der Waals surface area contributed by atoms with Gasteiger partial charge < -0.3 is 20.3 Å². The van der Waals surface area contributed by atoms with E-state index in [4.69, 9.17) is 10.5 Å². The molecule has 0 atom stereocenters. The van der Waals surface area contributed by atoms with Crippen LogP contribution in [0.2, 0.25) is 0 Å². The molecule has 38 heavy (non-hydrogen) atoms. The topological polar surface area (TPSA) is 102 Å². The summed E-state index contributed by atoms with van der Waals surface area (Å²) < 4.78 is 5.09. The minimum absolute atomic E-state index is 0.0842. The first kappa shape index (κ1) is 25.7. The second-order valence-corrected chi connectivity index (χ2v) is 10.3. The van der Waals surface area contributed by atoms with Crippen LogP contribution >= 0.6 is 0 Å². The van der Waals surface area contributed by atoms with Crippen LogP contribution in [0.25, 0.3) is 11.1 Å². The van der Waals surface area contributed by atoms with E-state index < -0.39 is 0 Å². The molecule has 0 saturated heterocycles. The highest BCUT2D eigenvalue weighted by molar-refractivity contribution is 5.75. The zero-order valence-electron chi connectivity index (χ0n) is 21.7. The first-order valence-electron chi connectivity index (χ1n) is 13.2. The maximum atomic E-state index is 12.6. The lowest BCUT2D eigenvalue weighted by atomic mass is 9.90. The van der Waals surface area contributed by atoms with Crippen molar-refractivity contribution in [2.45, 2.75) is 57.3 Å². The van der Waals surface area contributed by atoms with Crippen molar-refractivity contribution in [3.8, 4) is 11.1 Å². The lowest BCUT2D eigenvalue weighted by Crippen LogP contribution is -2.43. The van der Waals surface area contributed by atoms with E-state index >= 15 is 0 Å². The highest BCUT2D eigenvalue weighted by atomic mass is 16.6. The van der Waals surface area contributed by atoms with E-state index in [1.165, 1.54) is 18.2 Å². The molecule has 2 aliphatic rings. The van der Waals surface area contributed by atoms with Crippen molar-refractivity contribution < 1.29 is 14.5 Å². The number of carbonyl (C=O) groups excluding carboxylic acids is 1. The molecule has 1 aliphatic carbocycles. The number of hydrogen-bond donors (Lipinski definition) is 1. The van der Waals surface area contributed by atoms with Gasteiger partial charge in [-0.05, 0) is 72.1 Å². The normalized spacial score (nSPS) is 18.9. The van der Waals surface area contributed by atoms with E-state index in [-0.39, 0.29) is 28.8 Å². The predicted octanol–water partition coefficient (Wildman–Crippen LogP) is 5.66. The smallest absolute Gasteiger partial charge is 0.410 e. The number of anilines is 1. The second-order valence-electron chi connectivity index (χ2n) is 10.3. The molecule has 1 saturated carbocycles. The number of ether oxygens (including phenoxy) is 1. The van der Waals surface area contributed by atoms with Crippen LogP contribution in [-0.4, -0.2) is 41.7 Å². The van der Waals surface area contributed by atoms with Crippen molar-refractivity contribution in [2.24, 2.45) is 5.73 Å². The van der Waals surface area contributed by atoms with Crippen LogP contribution in [0.3, 0.4) is 0 Å². The monoisotopic (exact) mass is 514 g/mol. The highest BCUT2D eigenvalue weighted by Gasteiger charge is 2.29. The molecular formula is C30H34N4O4. The summed E-state index contributed by atoms with van der Waals surface area (Å²) in [5.41, 5.74) is 11.9. The van der Waals surface area contributed by atoms with Crippen LogP contribution in [0.1, 0.15) is 42.4 Å². The number of rotatable bonds is 6. The van der Waals surface area contributed by atoms with Crippen molar-refractivity contribution in [3.63, 3.8) is 0 Å². The van der Waals surface area contributed by atoms with Crippen LogP contribution in [0.4, 0.5) is 16.2 Å². The highest BCUT2D eigenvalue weighted by Crippen LogP contribution is 2.36. The van der Waals surface area contributed by atoms with Crippen molar-refractivity contribution in [1.82, 2.24) is 4.90 Å². The molecule has 1 amide bonds. The summed E-state index contributed by atoms with van der Waals surface area (Å²) in [6.45, 7) is 1.80. The number of nitro groups is 1. The number of amides is 1.